The average molecular weight is 546 g/mol. The van der Waals surface area contributed by atoms with E-state index in [0.717, 1.165) is 28.8 Å². The van der Waals surface area contributed by atoms with Gasteiger partial charge in [-0.05, 0) is 51.5 Å². The monoisotopic (exact) mass is 545 g/mol. The number of halogens is 4. The van der Waals surface area contributed by atoms with Gasteiger partial charge in [0.25, 0.3) is 0 Å². The van der Waals surface area contributed by atoms with Crippen LogP contribution in [0.5, 0.6) is 0 Å². The molecule has 2 amide bonds. The van der Waals surface area contributed by atoms with Crippen molar-refractivity contribution in [3.63, 3.8) is 0 Å². The summed E-state index contributed by atoms with van der Waals surface area (Å²) in [6.45, 7) is 4.54. The SMILES string of the molecule is CC(C)NC(=O)C(C)N(Cc1ccccc1F)C(=O)CCCN(c1cccc(C(F)(F)F)c1)S(C)(=O)=O. The average Bonchev–Trinajstić information content (AvgIpc) is 2.79. The van der Waals surface area contributed by atoms with E-state index in [9.17, 15) is 35.6 Å². The Morgan fingerprint density at radius 1 is 1.03 bits per heavy atom. The molecule has 1 unspecified atom stereocenters. The second-order valence-corrected chi connectivity index (χ2v) is 10.8. The Balaban J connectivity index is 2.23. The predicted octanol–water partition coefficient (Wildman–Crippen LogP) is 4.33. The first-order chi connectivity index (χ1) is 17.1. The van der Waals surface area contributed by atoms with Gasteiger partial charge in [-0.3, -0.25) is 13.9 Å². The Kier molecular flexibility index (Phi) is 10.1. The van der Waals surface area contributed by atoms with E-state index in [4.69, 9.17) is 0 Å². The summed E-state index contributed by atoms with van der Waals surface area (Å²) in [6, 6.07) is 8.56. The molecule has 0 heterocycles. The third-order valence-corrected chi connectivity index (χ3v) is 6.70. The summed E-state index contributed by atoms with van der Waals surface area (Å²) in [5, 5.41) is 2.71. The molecule has 0 fully saturated rings. The molecule has 0 spiro atoms. The lowest BCUT2D eigenvalue weighted by Gasteiger charge is -2.30. The van der Waals surface area contributed by atoms with Gasteiger partial charge < -0.3 is 10.2 Å². The first kappa shape index (κ1) is 30.1. The Morgan fingerprint density at radius 2 is 1.68 bits per heavy atom. The van der Waals surface area contributed by atoms with E-state index < -0.39 is 45.4 Å². The number of amides is 2. The molecule has 0 aliphatic heterocycles. The fourth-order valence-electron chi connectivity index (χ4n) is 3.64. The number of rotatable bonds is 11. The maximum Gasteiger partial charge on any atom is 0.416 e. The fraction of sp³-hybridized carbons (Fsp3) is 0.440. The zero-order chi connectivity index (χ0) is 28.0. The molecule has 0 aliphatic carbocycles. The molecule has 7 nitrogen and oxygen atoms in total. The molecule has 2 aromatic rings. The Bertz CT molecular complexity index is 1200. The highest BCUT2D eigenvalue weighted by Gasteiger charge is 2.32. The molecule has 1 atom stereocenters. The summed E-state index contributed by atoms with van der Waals surface area (Å²) < 4.78 is 79.1. The normalized spacial score (nSPS) is 12.8. The van der Waals surface area contributed by atoms with Crippen LogP contribution in [0.3, 0.4) is 0 Å². The Morgan fingerprint density at radius 3 is 2.24 bits per heavy atom. The van der Waals surface area contributed by atoms with Crippen LogP contribution in [0.4, 0.5) is 23.2 Å². The molecule has 0 radical (unpaired) electrons. The Labute approximate surface area is 214 Å². The standard InChI is InChI=1S/C25H31F4N3O4S/c1-17(2)30-24(34)18(3)31(16-19-9-5-6-12-22(19)26)23(33)13-8-14-32(37(4,35)36)21-11-7-10-20(15-21)25(27,28)29/h5-7,9-12,15,17-18H,8,13-14,16H2,1-4H3,(H,30,34). The van der Waals surface area contributed by atoms with Gasteiger partial charge in [0.15, 0.2) is 0 Å². The maximum absolute atomic E-state index is 14.3. The zero-order valence-corrected chi connectivity index (χ0v) is 21.9. The van der Waals surface area contributed by atoms with Crippen molar-refractivity contribution < 1.29 is 35.6 Å². The molecule has 0 saturated carbocycles. The highest BCUT2D eigenvalue weighted by molar-refractivity contribution is 7.92. The van der Waals surface area contributed by atoms with E-state index in [2.05, 4.69) is 5.32 Å². The lowest BCUT2D eigenvalue weighted by Crippen LogP contribution is -2.49. The number of benzene rings is 2. The van der Waals surface area contributed by atoms with Crippen molar-refractivity contribution in [2.45, 2.75) is 58.4 Å². The first-order valence-corrected chi connectivity index (χ1v) is 13.4. The summed E-state index contributed by atoms with van der Waals surface area (Å²) in [5.74, 6) is -1.53. The number of sulfonamides is 1. The van der Waals surface area contributed by atoms with Gasteiger partial charge in [0.1, 0.15) is 11.9 Å². The summed E-state index contributed by atoms with van der Waals surface area (Å²) in [7, 11) is -3.97. The molecule has 0 bridgehead atoms. The molecule has 0 saturated heterocycles. The lowest BCUT2D eigenvalue weighted by atomic mass is 10.1. The molecule has 204 valence electrons. The number of hydrogen-bond donors (Lipinski definition) is 1. The summed E-state index contributed by atoms with van der Waals surface area (Å²) in [5.41, 5.74) is -0.991. The maximum atomic E-state index is 14.3. The van der Waals surface area contributed by atoms with Crippen LogP contribution in [0.1, 0.15) is 44.7 Å². The number of nitrogens with one attached hydrogen (secondary N) is 1. The van der Waals surface area contributed by atoms with Crippen LogP contribution in [0.25, 0.3) is 0 Å². The second kappa shape index (κ2) is 12.4. The number of alkyl halides is 3. The van der Waals surface area contributed by atoms with Crippen molar-refractivity contribution in [1.29, 1.82) is 0 Å². The Hall–Kier alpha value is -3.15. The number of hydrogen-bond acceptors (Lipinski definition) is 4. The van der Waals surface area contributed by atoms with E-state index in [1.165, 1.54) is 36.1 Å². The van der Waals surface area contributed by atoms with Crippen LogP contribution in [-0.2, 0) is 32.3 Å². The number of carbonyl (C=O) groups excluding carboxylic acids is 2. The topological polar surface area (TPSA) is 86.8 Å². The van der Waals surface area contributed by atoms with Crippen LogP contribution in [0, 0.1) is 5.82 Å². The third kappa shape index (κ3) is 8.73. The highest BCUT2D eigenvalue weighted by atomic mass is 32.2. The van der Waals surface area contributed by atoms with Crippen LogP contribution in [0.2, 0.25) is 0 Å². The summed E-state index contributed by atoms with van der Waals surface area (Å²) >= 11 is 0. The van der Waals surface area contributed by atoms with Crippen LogP contribution < -0.4 is 9.62 Å². The smallest absolute Gasteiger partial charge is 0.352 e. The largest absolute Gasteiger partial charge is 0.416 e. The van der Waals surface area contributed by atoms with Crippen molar-refractivity contribution in [3.8, 4) is 0 Å². The minimum Gasteiger partial charge on any atom is -0.352 e. The van der Waals surface area contributed by atoms with Gasteiger partial charge in [-0.25, -0.2) is 12.8 Å². The van der Waals surface area contributed by atoms with E-state index >= 15 is 0 Å². The van der Waals surface area contributed by atoms with Crippen LogP contribution in [-0.4, -0.2) is 50.0 Å². The van der Waals surface area contributed by atoms with Gasteiger partial charge in [-0.15, -0.1) is 0 Å². The molecule has 37 heavy (non-hydrogen) atoms. The molecule has 12 heteroatoms. The lowest BCUT2D eigenvalue weighted by molar-refractivity contribution is -0.140. The van der Waals surface area contributed by atoms with Gasteiger partial charge in [0.05, 0.1) is 17.5 Å². The van der Waals surface area contributed by atoms with Gasteiger partial charge >= 0.3 is 6.18 Å². The zero-order valence-electron chi connectivity index (χ0n) is 21.0. The van der Waals surface area contributed by atoms with Gasteiger partial charge in [-0.2, -0.15) is 13.2 Å². The predicted molar refractivity (Wildman–Crippen MR) is 133 cm³/mol. The first-order valence-electron chi connectivity index (χ1n) is 11.6. The van der Waals surface area contributed by atoms with Crippen molar-refractivity contribution in [1.82, 2.24) is 10.2 Å². The number of anilines is 1. The van der Waals surface area contributed by atoms with Gasteiger partial charge in [0, 0.05) is 31.1 Å². The fourth-order valence-corrected chi connectivity index (χ4v) is 4.60. The van der Waals surface area contributed by atoms with Crippen LogP contribution >= 0.6 is 0 Å². The molecule has 2 aromatic carbocycles. The third-order valence-electron chi connectivity index (χ3n) is 5.51. The van der Waals surface area contributed by atoms with E-state index in [-0.39, 0.29) is 43.2 Å². The number of carbonyl (C=O) groups is 2. The van der Waals surface area contributed by atoms with Crippen LogP contribution in [0.15, 0.2) is 48.5 Å². The molecule has 1 N–H and O–H groups in total. The number of nitrogens with zero attached hydrogens (tertiary/aromatic N) is 2. The van der Waals surface area contributed by atoms with Crippen molar-refractivity contribution >= 4 is 27.5 Å². The minimum atomic E-state index is -4.66. The highest BCUT2D eigenvalue weighted by Crippen LogP contribution is 2.32. The second-order valence-electron chi connectivity index (χ2n) is 8.94. The molecular weight excluding hydrogens is 514 g/mol. The molecule has 2 rings (SSSR count). The van der Waals surface area contributed by atoms with Gasteiger partial charge in [-0.1, -0.05) is 24.3 Å². The van der Waals surface area contributed by atoms with Gasteiger partial charge in [0.2, 0.25) is 21.8 Å². The van der Waals surface area contributed by atoms with E-state index in [0.29, 0.717) is 0 Å². The van der Waals surface area contributed by atoms with E-state index in [1.54, 1.807) is 19.9 Å². The molecule has 0 aliphatic rings. The van der Waals surface area contributed by atoms with Crippen molar-refractivity contribution in [2.75, 3.05) is 17.1 Å². The summed E-state index contributed by atoms with van der Waals surface area (Å²) in [4.78, 5) is 27.0. The molecule has 0 aromatic heterocycles. The summed E-state index contributed by atoms with van der Waals surface area (Å²) in [6.07, 6.45) is -4.07. The van der Waals surface area contributed by atoms with E-state index in [1.807, 2.05) is 0 Å². The minimum absolute atomic E-state index is 0.0472. The van der Waals surface area contributed by atoms with Crippen molar-refractivity contribution in [3.05, 3.63) is 65.5 Å². The molecular formula is C25H31F4N3O4S. The van der Waals surface area contributed by atoms with Crippen molar-refractivity contribution in [2.24, 2.45) is 0 Å². The quantitative estimate of drug-likeness (QED) is 0.426.